The monoisotopic (exact) mass is 261 g/mol. The molecule has 1 atom stereocenters. The molecule has 0 bridgehead atoms. The molecule has 0 radical (unpaired) electrons. The van der Waals surface area contributed by atoms with Gasteiger partial charge in [-0.15, -0.1) is 0 Å². The summed E-state index contributed by atoms with van der Waals surface area (Å²) >= 11 is 0. The SMILES string of the molecule is COCC1CCCN(c2c(C)cccc2C(=N)N)C1. The smallest absolute Gasteiger partial charge is 0.124 e. The Morgan fingerprint density at radius 3 is 3.00 bits per heavy atom. The molecule has 4 heteroatoms. The number of amidine groups is 1. The third kappa shape index (κ3) is 3.07. The van der Waals surface area contributed by atoms with Crippen LogP contribution in [0.3, 0.4) is 0 Å². The number of nitrogens with one attached hydrogen (secondary N) is 1. The lowest BCUT2D eigenvalue weighted by atomic mass is 9.96. The average Bonchev–Trinajstić information content (AvgIpc) is 2.39. The van der Waals surface area contributed by atoms with E-state index >= 15 is 0 Å². The molecule has 1 heterocycles. The van der Waals surface area contributed by atoms with Gasteiger partial charge in [-0.1, -0.05) is 12.1 Å². The van der Waals surface area contributed by atoms with Gasteiger partial charge in [-0.25, -0.2) is 0 Å². The number of piperidine rings is 1. The number of para-hydroxylation sites is 1. The maximum absolute atomic E-state index is 7.75. The highest BCUT2D eigenvalue weighted by molar-refractivity contribution is 6.01. The van der Waals surface area contributed by atoms with Crippen LogP contribution in [0.15, 0.2) is 18.2 Å². The summed E-state index contributed by atoms with van der Waals surface area (Å²) in [7, 11) is 1.76. The van der Waals surface area contributed by atoms with Crippen LogP contribution in [0.25, 0.3) is 0 Å². The number of rotatable bonds is 4. The normalized spacial score (nSPS) is 19.5. The number of ether oxygens (including phenoxy) is 1. The largest absolute Gasteiger partial charge is 0.384 e. The quantitative estimate of drug-likeness (QED) is 0.645. The molecule has 1 aliphatic heterocycles. The third-order valence-corrected chi connectivity index (χ3v) is 3.77. The van der Waals surface area contributed by atoms with Gasteiger partial charge in [0.25, 0.3) is 0 Å². The molecule has 3 N–H and O–H groups in total. The zero-order chi connectivity index (χ0) is 13.8. The fourth-order valence-corrected chi connectivity index (χ4v) is 2.94. The number of hydrogen-bond donors (Lipinski definition) is 2. The summed E-state index contributed by atoms with van der Waals surface area (Å²) in [6.45, 7) is 4.91. The lowest BCUT2D eigenvalue weighted by Gasteiger charge is -2.36. The van der Waals surface area contributed by atoms with Crippen molar-refractivity contribution in [2.24, 2.45) is 11.7 Å². The van der Waals surface area contributed by atoms with Crippen LogP contribution in [-0.2, 0) is 4.74 Å². The van der Waals surface area contributed by atoms with E-state index < -0.39 is 0 Å². The van der Waals surface area contributed by atoms with E-state index in [1.807, 2.05) is 12.1 Å². The summed E-state index contributed by atoms with van der Waals surface area (Å²) in [4.78, 5) is 2.36. The fraction of sp³-hybridized carbons (Fsp3) is 0.533. The van der Waals surface area contributed by atoms with E-state index in [1.165, 1.54) is 18.4 Å². The zero-order valence-electron chi connectivity index (χ0n) is 11.8. The second kappa shape index (κ2) is 6.06. The molecule has 0 aromatic heterocycles. The molecule has 1 unspecified atom stereocenters. The van der Waals surface area contributed by atoms with Crippen molar-refractivity contribution in [2.75, 3.05) is 31.7 Å². The van der Waals surface area contributed by atoms with Crippen molar-refractivity contribution in [3.63, 3.8) is 0 Å². The Morgan fingerprint density at radius 2 is 2.32 bits per heavy atom. The van der Waals surface area contributed by atoms with Gasteiger partial charge >= 0.3 is 0 Å². The van der Waals surface area contributed by atoms with Crippen molar-refractivity contribution in [1.29, 1.82) is 5.41 Å². The van der Waals surface area contributed by atoms with Gasteiger partial charge in [0.05, 0.1) is 12.3 Å². The molecule has 0 saturated carbocycles. The maximum atomic E-state index is 7.75. The van der Waals surface area contributed by atoms with Crippen molar-refractivity contribution >= 4 is 11.5 Å². The van der Waals surface area contributed by atoms with Gasteiger partial charge in [0.1, 0.15) is 5.84 Å². The molecule has 1 aromatic rings. The van der Waals surface area contributed by atoms with Gasteiger partial charge in [0.2, 0.25) is 0 Å². The van der Waals surface area contributed by atoms with E-state index in [-0.39, 0.29) is 5.84 Å². The number of nitrogens with zero attached hydrogens (tertiary/aromatic N) is 1. The molecule has 1 saturated heterocycles. The summed E-state index contributed by atoms with van der Waals surface area (Å²) in [6, 6.07) is 5.98. The van der Waals surface area contributed by atoms with Crippen LogP contribution in [0.2, 0.25) is 0 Å². The lowest BCUT2D eigenvalue weighted by molar-refractivity contribution is 0.143. The summed E-state index contributed by atoms with van der Waals surface area (Å²) in [5.74, 6) is 0.714. The van der Waals surface area contributed by atoms with Crippen LogP contribution in [0.5, 0.6) is 0 Å². The minimum atomic E-state index is 0.146. The third-order valence-electron chi connectivity index (χ3n) is 3.77. The molecule has 19 heavy (non-hydrogen) atoms. The first-order valence-electron chi connectivity index (χ1n) is 6.81. The fourth-order valence-electron chi connectivity index (χ4n) is 2.94. The highest BCUT2D eigenvalue weighted by Crippen LogP contribution is 2.29. The Kier molecular flexibility index (Phi) is 4.43. The predicted octanol–water partition coefficient (Wildman–Crippen LogP) is 2.14. The lowest BCUT2D eigenvalue weighted by Crippen LogP contribution is -2.38. The van der Waals surface area contributed by atoms with E-state index in [2.05, 4.69) is 17.9 Å². The predicted molar refractivity (Wildman–Crippen MR) is 79.0 cm³/mol. The first-order valence-corrected chi connectivity index (χ1v) is 6.81. The Balaban J connectivity index is 2.28. The van der Waals surface area contributed by atoms with Crippen LogP contribution in [0.4, 0.5) is 5.69 Å². The second-order valence-corrected chi connectivity index (χ2v) is 5.29. The molecule has 4 nitrogen and oxygen atoms in total. The minimum Gasteiger partial charge on any atom is -0.384 e. The van der Waals surface area contributed by atoms with Crippen LogP contribution in [0, 0.1) is 18.3 Å². The van der Waals surface area contributed by atoms with Gasteiger partial charge in [-0.05, 0) is 37.3 Å². The zero-order valence-corrected chi connectivity index (χ0v) is 11.8. The standard InChI is InChI=1S/C15H23N3O/c1-11-5-3-7-13(15(16)17)14(11)18-8-4-6-12(9-18)10-19-2/h3,5,7,12H,4,6,8-10H2,1-2H3,(H3,16,17). The average molecular weight is 261 g/mol. The molecule has 1 aliphatic rings. The van der Waals surface area contributed by atoms with Gasteiger partial charge in [-0.2, -0.15) is 0 Å². The first-order chi connectivity index (χ1) is 9.13. The summed E-state index contributed by atoms with van der Waals surface area (Å²) in [6.07, 6.45) is 2.38. The number of methoxy groups -OCH3 is 1. The van der Waals surface area contributed by atoms with Gasteiger partial charge in [0.15, 0.2) is 0 Å². The number of anilines is 1. The van der Waals surface area contributed by atoms with Gasteiger partial charge in [0, 0.05) is 25.8 Å². The Labute approximate surface area is 115 Å². The van der Waals surface area contributed by atoms with Crippen LogP contribution in [-0.4, -0.2) is 32.6 Å². The molecule has 1 fully saturated rings. The maximum Gasteiger partial charge on any atom is 0.124 e. The number of nitrogen functional groups attached to an aromatic ring is 1. The number of hydrogen-bond acceptors (Lipinski definition) is 3. The van der Waals surface area contributed by atoms with Crippen molar-refractivity contribution in [2.45, 2.75) is 19.8 Å². The minimum absolute atomic E-state index is 0.146. The molecule has 0 amide bonds. The topological polar surface area (TPSA) is 62.3 Å². The summed E-state index contributed by atoms with van der Waals surface area (Å²) in [5.41, 5.74) is 8.87. The van der Waals surface area contributed by atoms with E-state index in [1.54, 1.807) is 7.11 Å². The first kappa shape index (κ1) is 13.9. The Morgan fingerprint density at radius 1 is 1.53 bits per heavy atom. The van der Waals surface area contributed by atoms with Crippen LogP contribution >= 0.6 is 0 Å². The highest BCUT2D eigenvalue weighted by Gasteiger charge is 2.23. The van der Waals surface area contributed by atoms with E-state index in [9.17, 15) is 0 Å². The highest BCUT2D eigenvalue weighted by atomic mass is 16.5. The Hall–Kier alpha value is -1.55. The molecule has 2 rings (SSSR count). The molecular formula is C15H23N3O. The summed E-state index contributed by atoms with van der Waals surface area (Å²) < 4.78 is 5.28. The van der Waals surface area contributed by atoms with E-state index in [0.717, 1.165) is 30.9 Å². The molecule has 0 aliphatic carbocycles. The van der Waals surface area contributed by atoms with E-state index in [0.29, 0.717) is 5.92 Å². The van der Waals surface area contributed by atoms with Gasteiger partial charge < -0.3 is 15.4 Å². The van der Waals surface area contributed by atoms with Crippen molar-refractivity contribution in [3.8, 4) is 0 Å². The molecule has 104 valence electrons. The molecule has 0 spiro atoms. The Bertz CT molecular complexity index is 457. The van der Waals surface area contributed by atoms with Crippen molar-refractivity contribution < 1.29 is 4.74 Å². The number of aryl methyl sites for hydroxylation is 1. The van der Waals surface area contributed by atoms with E-state index in [4.69, 9.17) is 15.9 Å². The summed E-state index contributed by atoms with van der Waals surface area (Å²) in [5, 5.41) is 7.75. The number of nitrogens with two attached hydrogens (primary N) is 1. The molecular weight excluding hydrogens is 238 g/mol. The second-order valence-electron chi connectivity index (χ2n) is 5.29. The number of benzene rings is 1. The van der Waals surface area contributed by atoms with Gasteiger partial charge in [-0.3, -0.25) is 5.41 Å². The molecule has 1 aromatic carbocycles. The van der Waals surface area contributed by atoms with Crippen LogP contribution in [0.1, 0.15) is 24.0 Å². The van der Waals surface area contributed by atoms with Crippen molar-refractivity contribution in [3.05, 3.63) is 29.3 Å². The van der Waals surface area contributed by atoms with Crippen molar-refractivity contribution in [1.82, 2.24) is 0 Å². The van der Waals surface area contributed by atoms with Crippen LogP contribution < -0.4 is 10.6 Å².